The number of sulfonamides is 1. The SMILES string of the molecule is C=CC=CC=C(C)C(c1ccccc1)C(NC(=O)OC)C(=O)NCc1ccc(C(CO)N(CC2CC(F)(F)C2)S(=O)(=O)c2cccc(CC(C)(C)O)c2)s1. The van der Waals surface area contributed by atoms with Crippen molar-refractivity contribution in [1.29, 1.82) is 0 Å². The van der Waals surface area contributed by atoms with Gasteiger partial charge >= 0.3 is 6.09 Å². The van der Waals surface area contributed by atoms with Gasteiger partial charge < -0.3 is 25.6 Å². The van der Waals surface area contributed by atoms with Crippen LogP contribution in [0, 0.1) is 5.92 Å². The lowest BCUT2D eigenvalue weighted by atomic mass is 9.81. The number of ether oxygens (including phenoxy) is 1. The van der Waals surface area contributed by atoms with Crippen LogP contribution in [0.2, 0.25) is 0 Å². The highest BCUT2D eigenvalue weighted by atomic mass is 32.2. The fraction of sp³-hybridized carbons (Fsp3) is 0.400. The topological polar surface area (TPSA) is 145 Å². The molecule has 4 N–H and O–H groups in total. The van der Waals surface area contributed by atoms with Crippen LogP contribution in [0.25, 0.3) is 0 Å². The third kappa shape index (κ3) is 11.4. The van der Waals surface area contributed by atoms with Crippen LogP contribution >= 0.6 is 11.3 Å². The van der Waals surface area contributed by atoms with Gasteiger partial charge in [-0.3, -0.25) is 4.79 Å². The number of aliphatic hydroxyl groups is 2. The van der Waals surface area contributed by atoms with E-state index in [1.165, 1.54) is 19.2 Å². The normalized spacial score (nSPS) is 16.7. The average molecular weight is 786 g/mol. The van der Waals surface area contributed by atoms with Crippen LogP contribution in [0.1, 0.15) is 66.5 Å². The molecule has 0 aliphatic heterocycles. The summed E-state index contributed by atoms with van der Waals surface area (Å²) >= 11 is 1.16. The van der Waals surface area contributed by atoms with Crippen LogP contribution in [0.4, 0.5) is 13.6 Å². The van der Waals surface area contributed by atoms with E-state index < -0.39 is 76.9 Å². The van der Waals surface area contributed by atoms with Crippen LogP contribution in [0.15, 0.2) is 108 Å². The highest BCUT2D eigenvalue weighted by molar-refractivity contribution is 7.89. The number of alkyl carbamates (subject to hydrolysis) is 1. The van der Waals surface area contributed by atoms with Crippen LogP contribution in [-0.2, 0) is 32.5 Å². The molecular formula is C40H49F2N3O7S2. The first-order valence-electron chi connectivity index (χ1n) is 17.5. The van der Waals surface area contributed by atoms with E-state index in [1.54, 1.807) is 56.3 Å². The van der Waals surface area contributed by atoms with Crippen molar-refractivity contribution >= 4 is 33.4 Å². The van der Waals surface area contributed by atoms with Crippen molar-refractivity contribution in [3.05, 3.63) is 124 Å². The molecule has 3 aromatic rings. The molecule has 0 radical (unpaired) electrons. The van der Waals surface area contributed by atoms with E-state index in [0.717, 1.165) is 26.8 Å². The van der Waals surface area contributed by atoms with Gasteiger partial charge in [-0.15, -0.1) is 11.3 Å². The molecular weight excluding hydrogens is 737 g/mol. The smallest absolute Gasteiger partial charge is 0.407 e. The molecule has 14 heteroatoms. The first-order chi connectivity index (χ1) is 25.5. The molecule has 0 saturated heterocycles. The molecule has 3 atom stereocenters. The van der Waals surface area contributed by atoms with Crippen LogP contribution in [-0.4, -0.2) is 72.8 Å². The van der Waals surface area contributed by atoms with Crippen molar-refractivity contribution in [1.82, 2.24) is 14.9 Å². The number of hydrogen-bond acceptors (Lipinski definition) is 8. The van der Waals surface area contributed by atoms with Crippen LogP contribution < -0.4 is 10.6 Å². The molecule has 0 spiro atoms. The van der Waals surface area contributed by atoms with Gasteiger partial charge in [0.15, 0.2) is 0 Å². The number of benzene rings is 2. The Morgan fingerprint density at radius 1 is 1.11 bits per heavy atom. The lowest BCUT2D eigenvalue weighted by molar-refractivity contribution is -0.123. The monoisotopic (exact) mass is 785 g/mol. The molecule has 2 amide bonds. The van der Waals surface area contributed by atoms with E-state index in [-0.39, 0.29) is 24.4 Å². The maximum Gasteiger partial charge on any atom is 0.407 e. The molecule has 1 saturated carbocycles. The lowest BCUT2D eigenvalue weighted by Gasteiger charge is -2.39. The number of hydrogen-bond donors (Lipinski definition) is 4. The minimum Gasteiger partial charge on any atom is -0.453 e. The van der Waals surface area contributed by atoms with E-state index in [4.69, 9.17) is 4.74 Å². The fourth-order valence-corrected chi connectivity index (χ4v) is 9.41. The van der Waals surface area contributed by atoms with Crippen molar-refractivity contribution in [2.75, 3.05) is 20.3 Å². The highest BCUT2D eigenvalue weighted by Gasteiger charge is 2.48. The summed E-state index contributed by atoms with van der Waals surface area (Å²) in [6, 6.07) is 16.5. The van der Waals surface area contributed by atoms with E-state index >= 15 is 0 Å². The van der Waals surface area contributed by atoms with Crippen molar-refractivity contribution in [3.8, 4) is 0 Å². The van der Waals surface area contributed by atoms with Gasteiger partial charge in [0.05, 0.1) is 36.8 Å². The predicted octanol–water partition coefficient (Wildman–Crippen LogP) is 6.64. The molecule has 54 heavy (non-hydrogen) atoms. The highest BCUT2D eigenvalue weighted by Crippen LogP contribution is 2.45. The molecule has 2 aromatic carbocycles. The number of carbonyl (C=O) groups excluding carboxylic acids is 2. The number of carbonyl (C=O) groups is 2. The maximum absolute atomic E-state index is 14.2. The predicted molar refractivity (Wildman–Crippen MR) is 206 cm³/mol. The summed E-state index contributed by atoms with van der Waals surface area (Å²) in [5.74, 6) is -4.60. The van der Waals surface area contributed by atoms with E-state index in [2.05, 4.69) is 17.2 Å². The van der Waals surface area contributed by atoms with Crippen molar-refractivity contribution in [2.24, 2.45) is 5.92 Å². The molecule has 4 rings (SSSR count). The zero-order valence-electron chi connectivity index (χ0n) is 30.9. The summed E-state index contributed by atoms with van der Waals surface area (Å²) < 4.78 is 62.3. The number of thiophene rings is 1. The largest absolute Gasteiger partial charge is 0.453 e. The third-order valence-corrected chi connectivity index (χ3v) is 12.1. The first-order valence-corrected chi connectivity index (χ1v) is 19.8. The summed E-state index contributed by atoms with van der Waals surface area (Å²) in [6.07, 6.45) is 5.40. The lowest BCUT2D eigenvalue weighted by Crippen LogP contribution is -2.50. The first kappa shape index (κ1) is 42.5. The van der Waals surface area contributed by atoms with Crippen LogP contribution in [0.5, 0.6) is 0 Å². The van der Waals surface area contributed by atoms with Crippen LogP contribution in [0.3, 0.4) is 0 Å². The summed E-state index contributed by atoms with van der Waals surface area (Å²) in [5.41, 5.74) is 1.01. The third-order valence-electron chi connectivity index (χ3n) is 9.05. The number of allylic oxidation sites excluding steroid dienone is 4. The zero-order valence-corrected chi connectivity index (χ0v) is 32.5. The second-order valence-electron chi connectivity index (χ2n) is 14.1. The van der Waals surface area contributed by atoms with E-state index in [1.807, 2.05) is 43.3 Å². The molecule has 292 valence electrons. The Kier molecular flexibility index (Phi) is 14.5. The van der Waals surface area contributed by atoms with Gasteiger partial charge in [-0.25, -0.2) is 22.0 Å². The summed E-state index contributed by atoms with van der Waals surface area (Å²) in [7, 11) is -3.12. The molecule has 1 aliphatic carbocycles. The molecule has 1 aromatic heterocycles. The number of amides is 2. The average Bonchev–Trinajstić information content (AvgIpc) is 3.58. The van der Waals surface area contributed by atoms with Crippen molar-refractivity contribution in [3.63, 3.8) is 0 Å². The Bertz CT molecular complexity index is 1920. The number of methoxy groups -OCH3 is 1. The number of nitrogens with zero attached hydrogens (tertiary/aromatic N) is 1. The molecule has 1 aliphatic rings. The van der Waals surface area contributed by atoms with Gasteiger partial charge in [-0.2, -0.15) is 4.31 Å². The van der Waals surface area contributed by atoms with Crippen molar-refractivity contribution < 1.29 is 41.7 Å². The van der Waals surface area contributed by atoms with Crippen molar-refractivity contribution in [2.45, 2.75) is 81.0 Å². The van der Waals surface area contributed by atoms with Gasteiger partial charge in [-0.05, 0) is 62.1 Å². The second kappa shape index (κ2) is 18.4. The molecule has 10 nitrogen and oxygen atoms in total. The quantitative estimate of drug-likeness (QED) is 0.106. The Morgan fingerprint density at radius 2 is 1.81 bits per heavy atom. The van der Waals surface area contributed by atoms with E-state index in [0.29, 0.717) is 15.3 Å². The van der Waals surface area contributed by atoms with Gasteiger partial charge in [0.2, 0.25) is 21.9 Å². The molecule has 1 heterocycles. The van der Waals surface area contributed by atoms with Gasteiger partial charge in [0, 0.05) is 41.5 Å². The minimum absolute atomic E-state index is 0.00221. The standard InChI is InChI=1S/C40H49F2N3O7S2/c1-6-7-9-13-27(2)35(30-15-10-8-11-16-30)36(44-38(48)52-5)37(47)43-24-31-18-19-34(53-31)33(26-46)45(25-29-22-40(41,42)23-29)54(50,51)32-17-12-14-28(20-32)21-39(3,4)49/h6-20,29,33,35-36,46,49H,1,21-26H2,2-5H3,(H,43,47)(H,44,48). The Hall–Kier alpha value is -4.21. The fourth-order valence-electron chi connectivity index (χ4n) is 6.54. The number of halogens is 2. The maximum atomic E-state index is 14.2. The molecule has 0 bridgehead atoms. The Labute approximate surface area is 320 Å². The Morgan fingerprint density at radius 3 is 2.43 bits per heavy atom. The zero-order chi connectivity index (χ0) is 39.7. The van der Waals surface area contributed by atoms with Gasteiger partial charge in [-0.1, -0.05) is 78.9 Å². The number of nitrogens with one attached hydrogen (secondary N) is 2. The number of aliphatic hydroxyl groups excluding tert-OH is 1. The van der Waals surface area contributed by atoms with Gasteiger partial charge in [0.1, 0.15) is 6.04 Å². The number of alkyl halides is 2. The number of rotatable bonds is 18. The summed E-state index contributed by atoms with van der Waals surface area (Å²) in [4.78, 5) is 27.4. The molecule has 1 fully saturated rings. The summed E-state index contributed by atoms with van der Waals surface area (Å²) in [6.45, 7) is 7.88. The Balaban J connectivity index is 1.62. The second-order valence-corrected chi connectivity index (χ2v) is 17.2. The van der Waals surface area contributed by atoms with E-state index in [9.17, 15) is 37.0 Å². The summed E-state index contributed by atoms with van der Waals surface area (Å²) in [5, 5.41) is 26.6. The minimum atomic E-state index is -4.33. The van der Waals surface area contributed by atoms with Gasteiger partial charge in [0.25, 0.3) is 0 Å². The molecule has 3 unspecified atom stereocenters.